The van der Waals surface area contributed by atoms with E-state index in [1.165, 1.54) is 0 Å². The van der Waals surface area contributed by atoms with Crippen molar-refractivity contribution in [3.63, 3.8) is 0 Å². The summed E-state index contributed by atoms with van der Waals surface area (Å²) in [6.07, 6.45) is 2.67. The SMILES string of the molecule is CC1CCN(Cc2cc3nccc(Cl)c3s2)C1=O. The number of nitrogens with zero attached hydrogens (tertiary/aromatic N) is 2. The van der Waals surface area contributed by atoms with Crippen LogP contribution < -0.4 is 0 Å². The quantitative estimate of drug-likeness (QED) is 0.845. The zero-order chi connectivity index (χ0) is 12.7. The van der Waals surface area contributed by atoms with Gasteiger partial charge in [-0.25, -0.2) is 0 Å². The fourth-order valence-corrected chi connectivity index (χ4v) is 3.58. The molecular formula is C13H13ClN2OS. The summed E-state index contributed by atoms with van der Waals surface area (Å²) in [5.41, 5.74) is 0.919. The Labute approximate surface area is 114 Å². The van der Waals surface area contributed by atoms with E-state index in [0.717, 1.165) is 33.1 Å². The van der Waals surface area contributed by atoms with Gasteiger partial charge >= 0.3 is 0 Å². The van der Waals surface area contributed by atoms with Crippen molar-refractivity contribution >= 4 is 39.1 Å². The van der Waals surface area contributed by atoms with Crippen LogP contribution in [0.3, 0.4) is 0 Å². The number of fused-ring (bicyclic) bond motifs is 1. The molecule has 1 aliphatic rings. The molecule has 0 aromatic carbocycles. The molecule has 5 heteroatoms. The fraction of sp³-hybridized carbons (Fsp3) is 0.385. The van der Waals surface area contributed by atoms with Gasteiger partial charge in [0.2, 0.25) is 5.91 Å². The molecule has 1 fully saturated rings. The van der Waals surface area contributed by atoms with E-state index in [9.17, 15) is 4.79 Å². The predicted octanol–water partition coefficient (Wildman–Crippen LogP) is 3.32. The Balaban J connectivity index is 1.87. The number of carbonyl (C=O) groups is 1. The lowest BCUT2D eigenvalue weighted by molar-refractivity contribution is -0.130. The van der Waals surface area contributed by atoms with Crippen LogP contribution in [-0.4, -0.2) is 22.3 Å². The molecule has 1 unspecified atom stereocenters. The van der Waals surface area contributed by atoms with Crippen LogP contribution in [0.1, 0.15) is 18.2 Å². The largest absolute Gasteiger partial charge is 0.337 e. The first-order valence-electron chi connectivity index (χ1n) is 5.97. The Hall–Kier alpha value is -1.13. The lowest BCUT2D eigenvalue weighted by atomic mass is 10.1. The zero-order valence-corrected chi connectivity index (χ0v) is 11.6. The van der Waals surface area contributed by atoms with Crippen LogP contribution >= 0.6 is 22.9 Å². The van der Waals surface area contributed by atoms with Gasteiger partial charge in [0.1, 0.15) is 0 Å². The number of halogens is 1. The summed E-state index contributed by atoms with van der Waals surface area (Å²) in [5.74, 6) is 0.424. The van der Waals surface area contributed by atoms with E-state index in [1.54, 1.807) is 23.6 Å². The Kier molecular flexibility index (Phi) is 2.99. The highest BCUT2D eigenvalue weighted by atomic mass is 35.5. The summed E-state index contributed by atoms with van der Waals surface area (Å²) >= 11 is 7.75. The van der Waals surface area contributed by atoms with Crippen LogP contribution in [0.2, 0.25) is 5.02 Å². The summed E-state index contributed by atoms with van der Waals surface area (Å²) in [4.78, 5) is 19.2. The number of pyridine rings is 1. The van der Waals surface area contributed by atoms with Gasteiger partial charge in [-0.1, -0.05) is 18.5 Å². The molecule has 1 aliphatic heterocycles. The lowest BCUT2D eigenvalue weighted by Crippen LogP contribution is -2.25. The molecule has 2 aromatic rings. The minimum Gasteiger partial charge on any atom is -0.337 e. The van der Waals surface area contributed by atoms with Gasteiger partial charge in [-0.2, -0.15) is 0 Å². The minimum absolute atomic E-state index is 0.168. The maximum atomic E-state index is 11.9. The third-order valence-corrected chi connectivity index (χ3v) is 4.90. The second-order valence-corrected chi connectivity index (χ2v) is 6.21. The maximum absolute atomic E-state index is 11.9. The van der Waals surface area contributed by atoms with E-state index in [1.807, 2.05) is 17.9 Å². The average Bonchev–Trinajstić information content (AvgIpc) is 2.89. The molecule has 3 rings (SSSR count). The highest BCUT2D eigenvalue weighted by Gasteiger charge is 2.28. The number of likely N-dealkylation sites (tertiary alicyclic amines) is 1. The highest BCUT2D eigenvalue weighted by Crippen LogP contribution is 2.31. The lowest BCUT2D eigenvalue weighted by Gasteiger charge is -2.14. The van der Waals surface area contributed by atoms with E-state index in [-0.39, 0.29) is 11.8 Å². The van der Waals surface area contributed by atoms with Crippen LogP contribution in [0, 0.1) is 5.92 Å². The average molecular weight is 281 g/mol. The summed E-state index contributed by atoms with van der Waals surface area (Å²) < 4.78 is 1.01. The molecule has 3 nitrogen and oxygen atoms in total. The molecule has 0 N–H and O–H groups in total. The van der Waals surface area contributed by atoms with E-state index < -0.39 is 0 Å². The third kappa shape index (κ3) is 1.99. The number of aromatic nitrogens is 1. The summed E-state index contributed by atoms with van der Waals surface area (Å²) in [6, 6.07) is 3.83. The first-order valence-corrected chi connectivity index (χ1v) is 7.16. The monoisotopic (exact) mass is 280 g/mol. The Bertz CT molecular complexity index is 610. The molecule has 94 valence electrons. The molecule has 18 heavy (non-hydrogen) atoms. The number of thiophene rings is 1. The van der Waals surface area contributed by atoms with Crippen LogP contribution in [-0.2, 0) is 11.3 Å². The summed E-state index contributed by atoms with van der Waals surface area (Å²) in [7, 11) is 0. The standard InChI is InChI=1S/C13H13ClN2OS/c1-8-3-5-16(13(8)17)7-9-6-11-12(18-9)10(14)2-4-15-11/h2,4,6,8H,3,5,7H2,1H3. The topological polar surface area (TPSA) is 33.2 Å². The second-order valence-electron chi connectivity index (χ2n) is 4.67. The molecule has 1 amide bonds. The molecule has 0 spiro atoms. The van der Waals surface area contributed by atoms with Gasteiger partial charge < -0.3 is 4.90 Å². The van der Waals surface area contributed by atoms with Crippen LogP contribution in [0.15, 0.2) is 18.3 Å². The zero-order valence-electron chi connectivity index (χ0n) is 10.0. The van der Waals surface area contributed by atoms with E-state index in [4.69, 9.17) is 11.6 Å². The van der Waals surface area contributed by atoms with Gasteiger partial charge in [-0.3, -0.25) is 9.78 Å². The van der Waals surface area contributed by atoms with Gasteiger partial charge in [0.05, 0.1) is 21.8 Å². The summed E-state index contributed by atoms with van der Waals surface area (Å²) in [5, 5.41) is 0.734. The second kappa shape index (κ2) is 4.52. The number of carbonyl (C=O) groups excluding carboxylic acids is 1. The highest BCUT2D eigenvalue weighted by molar-refractivity contribution is 7.19. The van der Waals surface area contributed by atoms with Crippen molar-refractivity contribution in [3.8, 4) is 0 Å². The van der Waals surface area contributed by atoms with Gasteiger partial charge in [-0.05, 0) is 18.6 Å². The van der Waals surface area contributed by atoms with Gasteiger partial charge in [0.25, 0.3) is 0 Å². The molecule has 2 aromatic heterocycles. The van der Waals surface area contributed by atoms with Gasteiger partial charge in [-0.15, -0.1) is 11.3 Å². The fourth-order valence-electron chi connectivity index (χ4n) is 2.27. The molecule has 0 saturated carbocycles. The molecule has 0 aliphatic carbocycles. The van der Waals surface area contributed by atoms with Crippen molar-refractivity contribution < 1.29 is 4.79 Å². The van der Waals surface area contributed by atoms with Crippen LogP contribution in [0.5, 0.6) is 0 Å². The van der Waals surface area contributed by atoms with Gasteiger partial charge in [0, 0.05) is 23.5 Å². The number of hydrogen-bond acceptors (Lipinski definition) is 3. The van der Waals surface area contributed by atoms with E-state index >= 15 is 0 Å². The predicted molar refractivity (Wildman–Crippen MR) is 73.8 cm³/mol. The normalized spacial score (nSPS) is 20.0. The van der Waals surface area contributed by atoms with Crippen molar-refractivity contribution in [1.82, 2.24) is 9.88 Å². The molecular weight excluding hydrogens is 268 g/mol. The Morgan fingerprint density at radius 3 is 3.11 bits per heavy atom. The minimum atomic E-state index is 0.168. The van der Waals surface area contributed by atoms with Gasteiger partial charge in [0.15, 0.2) is 0 Å². The molecule has 3 heterocycles. The number of amides is 1. The van der Waals surface area contributed by atoms with Crippen molar-refractivity contribution in [2.24, 2.45) is 5.92 Å². The smallest absolute Gasteiger partial charge is 0.225 e. The Morgan fingerprint density at radius 1 is 1.61 bits per heavy atom. The van der Waals surface area contributed by atoms with E-state index in [2.05, 4.69) is 4.98 Å². The number of rotatable bonds is 2. The van der Waals surface area contributed by atoms with Crippen LogP contribution in [0.4, 0.5) is 0 Å². The first-order chi connectivity index (χ1) is 8.65. The maximum Gasteiger partial charge on any atom is 0.225 e. The molecule has 1 saturated heterocycles. The van der Waals surface area contributed by atoms with Crippen molar-refractivity contribution in [2.75, 3.05) is 6.54 Å². The Morgan fingerprint density at radius 2 is 2.44 bits per heavy atom. The van der Waals surface area contributed by atoms with E-state index in [0.29, 0.717) is 6.54 Å². The van der Waals surface area contributed by atoms with Crippen molar-refractivity contribution in [3.05, 3.63) is 28.2 Å². The molecule has 0 radical (unpaired) electrons. The third-order valence-electron chi connectivity index (χ3n) is 3.33. The molecule has 0 bridgehead atoms. The number of hydrogen-bond donors (Lipinski definition) is 0. The summed E-state index contributed by atoms with van der Waals surface area (Å²) in [6.45, 7) is 3.53. The van der Waals surface area contributed by atoms with Crippen molar-refractivity contribution in [1.29, 1.82) is 0 Å². The molecule has 1 atom stereocenters. The van der Waals surface area contributed by atoms with Crippen LogP contribution in [0.25, 0.3) is 10.2 Å². The first kappa shape index (κ1) is 11.9. The van der Waals surface area contributed by atoms with Crippen molar-refractivity contribution in [2.45, 2.75) is 19.9 Å².